The van der Waals surface area contributed by atoms with Gasteiger partial charge >= 0.3 is 0 Å². The Balaban J connectivity index is 1.40. The summed E-state index contributed by atoms with van der Waals surface area (Å²) < 4.78 is 18.1. The highest BCUT2D eigenvalue weighted by atomic mass is 31.2. The van der Waals surface area contributed by atoms with E-state index in [2.05, 4.69) is 114 Å². The number of hydrogen-bond acceptors (Lipinski definition) is 2. The summed E-state index contributed by atoms with van der Waals surface area (Å²) in [4.78, 5) is 5.30. The summed E-state index contributed by atoms with van der Waals surface area (Å²) in [6.45, 7) is 0. The van der Waals surface area contributed by atoms with Crippen molar-refractivity contribution in [3.8, 4) is 0 Å². The van der Waals surface area contributed by atoms with Crippen LogP contribution in [0.25, 0.3) is 59.9 Å². The third kappa shape index (κ3) is 3.43. The summed E-state index contributed by atoms with van der Waals surface area (Å²) >= 11 is 0. The largest absolute Gasteiger partial charge is 0.309 e. The van der Waals surface area contributed by atoms with Gasteiger partial charge in [-0.3, -0.25) is 4.40 Å². The summed E-state index contributed by atoms with van der Waals surface area (Å²) in [6.07, 6.45) is 0. The Morgan fingerprint density at radius 3 is 1.98 bits per heavy atom. The highest BCUT2D eigenvalue weighted by Gasteiger charge is 2.33. The summed E-state index contributed by atoms with van der Waals surface area (Å²) in [5.74, 6) is 0. The van der Waals surface area contributed by atoms with Crippen molar-refractivity contribution < 1.29 is 4.57 Å². The van der Waals surface area contributed by atoms with Crippen molar-refractivity contribution in [2.24, 2.45) is 0 Å². The monoisotopic (exact) mass is 568 g/mol. The molecule has 9 rings (SSSR count). The van der Waals surface area contributed by atoms with Gasteiger partial charge in [0.05, 0.1) is 11.0 Å². The number of pyridine rings is 1. The lowest BCUT2D eigenvalue weighted by molar-refractivity contribution is 0.592. The molecule has 202 valence electrons. The number of benzene rings is 7. The standard InChI is InChI=1S/C39H25N2OP/c42-43(28-12-2-1-3-13-28,29-23-24-31-27(25-29)22-21-26-11-4-5-14-30(26)31)37-20-10-19-36-38(37)40-39-34-17-7-6-15-32(34)33-16-8-9-18-35(33)41(36)39/h1-25H. The van der Waals surface area contributed by atoms with E-state index in [4.69, 9.17) is 4.98 Å². The minimum atomic E-state index is -3.34. The number of imidazole rings is 1. The van der Waals surface area contributed by atoms with E-state index >= 15 is 4.57 Å². The molecule has 0 bridgehead atoms. The van der Waals surface area contributed by atoms with Crippen LogP contribution >= 0.6 is 7.14 Å². The molecule has 0 aliphatic carbocycles. The van der Waals surface area contributed by atoms with Gasteiger partial charge in [-0.05, 0) is 51.2 Å². The predicted octanol–water partition coefficient (Wildman–Crippen LogP) is 8.74. The second-order valence-electron chi connectivity index (χ2n) is 11.1. The van der Waals surface area contributed by atoms with E-state index in [1.165, 1.54) is 16.2 Å². The van der Waals surface area contributed by atoms with Crippen molar-refractivity contribution >= 4 is 83.0 Å². The molecule has 0 aliphatic rings. The maximum atomic E-state index is 15.9. The number of hydrogen-bond donors (Lipinski definition) is 0. The smallest absolute Gasteiger partial charge is 0.173 e. The average molecular weight is 569 g/mol. The first-order chi connectivity index (χ1) is 21.2. The molecule has 1 unspecified atom stereocenters. The first-order valence-corrected chi connectivity index (χ1v) is 16.2. The third-order valence-electron chi connectivity index (χ3n) is 8.82. The number of para-hydroxylation sites is 2. The van der Waals surface area contributed by atoms with Crippen LogP contribution in [-0.2, 0) is 4.57 Å². The number of fused-ring (bicyclic) bond motifs is 11. The lowest BCUT2D eigenvalue weighted by Crippen LogP contribution is -2.25. The van der Waals surface area contributed by atoms with Crippen LogP contribution in [0.15, 0.2) is 152 Å². The van der Waals surface area contributed by atoms with E-state index in [0.29, 0.717) is 0 Å². The number of aromatic nitrogens is 2. The minimum Gasteiger partial charge on any atom is -0.309 e. The summed E-state index contributed by atoms with van der Waals surface area (Å²) in [5, 5.41) is 10.4. The third-order valence-corrected chi connectivity index (χ3v) is 11.9. The van der Waals surface area contributed by atoms with Gasteiger partial charge in [-0.15, -0.1) is 0 Å². The van der Waals surface area contributed by atoms with Crippen LogP contribution in [0, 0.1) is 0 Å². The molecule has 0 saturated carbocycles. The van der Waals surface area contributed by atoms with Crippen LogP contribution in [0.2, 0.25) is 0 Å². The van der Waals surface area contributed by atoms with Crippen molar-refractivity contribution in [3.63, 3.8) is 0 Å². The van der Waals surface area contributed by atoms with E-state index in [0.717, 1.165) is 59.7 Å². The Morgan fingerprint density at radius 2 is 1.12 bits per heavy atom. The molecule has 0 fully saturated rings. The molecule has 9 aromatic rings. The average Bonchev–Trinajstić information content (AvgIpc) is 3.48. The SMILES string of the molecule is O=P(c1ccccc1)(c1ccc2c(ccc3ccccc32)c1)c1cccc2c1nc1c3ccccc3c3ccccc3n21. The molecule has 7 aromatic carbocycles. The van der Waals surface area contributed by atoms with E-state index in [-0.39, 0.29) is 0 Å². The molecule has 0 N–H and O–H groups in total. The molecular weight excluding hydrogens is 543 g/mol. The Morgan fingerprint density at radius 1 is 0.465 bits per heavy atom. The molecular formula is C39H25N2OP. The molecule has 0 aliphatic heterocycles. The van der Waals surface area contributed by atoms with Crippen LogP contribution in [-0.4, -0.2) is 9.38 Å². The van der Waals surface area contributed by atoms with Gasteiger partial charge in [0, 0.05) is 26.7 Å². The molecule has 0 saturated heterocycles. The lowest BCUT2D eigenvalue weighted by atomic mass is 10.0. The predicted molar refractivity (Wildman–Crippen MR) is 182 cm³/mol. The highest BCUT2D eigenvalue weighted by molar-refractivity contribution is 7.85. The maximum Gasteiger partial charge on any atom is 0.173 e. The highest BCUT2D eigenvalue weighted by Crippen LogP contribution is 2.45. The van der Waals surface area contributed by atoms with E-state index < -0.39 is 7.14 Å². The molecule has 0 amide bonds. The fourth-order valence-electron chi connectivity index (χ4n) is 6.83. The summed E-state index contributed by atoms with van der Waals surface area (Å²) in [7, 11) is -3.34. The quantitative estimate of drug-likeness (QED) is 0.158. The van der Waals surface area contributed by atoms with Gasteiger partial charge in [-0.25, -0.2) is 4.98 Å². The van der Waals surface area contributed by atoms with E-state index in [1.807, 2.05) is 42.5 Å². The fraction of sp³-hybridized carbons (Fsp3) is 0. The first-order valence-electron chi connectivity index (χ1n) is 14.5. The maximum absolute atomic E-state index is 15.9. The molecule has 43 heavy (non-hydrogen) atoms. The Bertz CT molecular complexity index is 2600. The van der Waals surface area contributed by atoms with Crippen LogP contribution in [0.4, 0.5) is 0 Å². The molecule has 2 aromatic heterocycles. The zero-order chi connectivity index (χ0) is 28.5. The number of rotatable bonds is 3. The normalized spacial score (nSPS) is 13.4. The number of nitrogens with zero attached hydrogens (tertiary/aromatic N) is 2. The van der Waals surface area contributed by atoms with Crippen molar-refractivity contribution in [1.29, 1.82) is 0 Å². The van der Waals surface area contributed by atoms with E-state index in [1.54, 1.807) is 0 Å². The summed E-state index contributed by atoms with van der Waals surface area (Å²) in [5.41, 5.74) is 3.69. The lowest BCUT2D eigenvalue weighted by Gasteiger charge is -2.21. The van der Waals surface area contributed by atoms with Gasteiger partial charge < -0.3 is 4.57 Å². The Labute approximate surface area is 248 Å². The van der Waals surface area contributed by atoms with Crippen molar-refractivity contribution in [3.05, 3.63) is 152 Å². The van der Waals surface area contributed by atoms with Crippen molar-refractivity contribution in [2.75, 3.05) is 0 Å². The van der Waals surface area contributed by atoms with Gasteiger partial charge in [0.2, 0.25) is 0 Å². The zero-order valence-corrected chi connectivity index (χ0v) is 24.1. The molecule has 1 atom stereocenters. The van der Waals surface area contributed by atoms with Crippen LogP contribution < -0.4 is 15.9 Å². The van der Waals surface area contributed by atoms with Gasteiger partial charge in [0.15, 0.2) is 7.14 Å². The molecule has 4 heteroatoms. The van der Waals surface area contributed by atoms with Gasteiger partial charge in [-0.1, -0.05) is 127 Å². The molecule has 2 heterocycles. The molecule has 0 radical (unpaired) electrons. The van der Waals surface area contributed by atoms with Crippen LogP contribution in [0.5, 0.6) is 0 Å². The van der Waals surface area contributed by atoms with Gasteiger partial charge in [0.25, 0.3) is 0 Å². The van der Waals surface area contributed by atoms with E-state index in [9.17, 15) is 0 Å². The second kappa shape index (κ2) is 9.13. The minimum absolute atomic E-state index is 0.758. The Kier molecular flexibility index (Phi) is 5.17. The fourth-order valence-corrected chi connectivity index (χ4v) is 9.64. The topological polar surface area (TPSA) is 34.4 Å². The second-order valence-corrected chi connectivity index (χ2v) is 13.8. The Hall–Kier alpha value is -5.24. The zero-order valence-electron chi connectivity index (χ0n) is 23.2. The van der Waals surface area contributed by atoms with Crippen LogP contribution in [0.1, 0.15) is 0 Å². The molecule has 0 spiro atoms. The molecule has 3 nitrogen and oxygen atoms in total. The van der Waals surface area contributed by atoms with Gasteiger partial charge in [-0.2, -0.15) is 0 Å². The summed E-state index contributed by atoms with van der Waals surface area (Å²) in [6, 6.07) is 52.0. The first kappa shape index (κ1) is 24.4. The van der Waals surface area contributed by atoms with Crippen LogP contribution in [0.3, 0.4) is 0 Å². The van der Waals surface area contributed by atoms with Crippen molar-refractivity contribution in [1.82, 2.24) is 9.38 Å². The van der Waals surface area contributed by atoms with Crippen molar-refractivity contribution in [2.45, 2.75) is 0 Å². The van der Waals surface area contributed by atoms with Gasteiger partial charge in [0.1, 0.15) is 11.2 Å².